The first kappa shape index (κ1) is 18.3. The first-order chi connectivity index (χ1) is 12.6. The first-order valence-electron chi connectivity index (χ1n) is 8.92. The summed E-state index contributed by atoms with van der Waals surface area (Å²) in [6.07, 6.45) is 0. The number of para-hydroxylation sites is 1. The molecule has 5 nitrogen and oxygen atoms in total. The van der Waals surface area contributed by atoms with Crippen molar-refractivity contribution in [2.24, 2.45) is 0 Å². The van der Waals surface area contributed by atoms with Gasteiger partial charge in [0.15, 0.2) is 11.5 Å². The van der Waals surface area contributed by atoms with Gasteiger partial charge in [0.2, 0.25) is 0 Å². The maximum Gasteiger partial charge on any atom is 0.258 e. The van der Waals surface area contributed by atoms with E-state index in [1.807, 2.05) is 17.0 Å². The van der Waals surface area contributed by atoms with Crippen LogP contribution in [0.15, 0.2) is 48.5 Å². The Bertz CT molecular complexity index is 748. The molecule has 1 saturated heterocycles. The Kier molecular flexibility index (Phi) is 5.78. The van der Waals surface area contributed by atoms with Gasteiger partial charge >= 0.3 is 0 Å². The maximum atomic E-state index is 13.1. The monoisotopic (exact) mass is 354 g/mol. The lowest BCUT2D eigenvalue weighted by atomic mass is 10.1. The fourth-order valence-corrected chi connectivity index (χ4v) is 3.53. The molecule has 0 N–H and O–H groups in total. The second-order valence-electron chi connectivity index (χ2n) is 6.61. The van der Waals surface area contributed by atoms with Gasteiger partial charge in [-0.1, -0.05) is 36.4 Å². The molecule has 2 aromatic rings. The topological polar surface area (TPSA) is 42.0 Å². The molecule has 0 bridgehead atoms. The highest BCUT2D eigenvalue weighted by molar-refractivity contribution is 5.98. The van der Waals surface area contributed by atoms with Crippen LogP contribution in [0.3, 0.4) is 0 Å². The minimum Gasteiger partial charge on any atom is -0.493 e. The molecule has 0 spiro atoms. The maximum absolute atomic E-state index is 13.1. The Hall–Kier alpha value is -2.53. The fourth-order valence-electron chi connectivity index (χ4n) is 3.53. The number of methoxy groups -OCH3 is 2. The van der Waals surface area contributed by atoms with Crippen LogP contribution in [0.1, 0.15) is 22.8 Å². The van der Waals surface area contributed by atoms with Crippen LogP contribution in [-0.4, -0.2) is 55.6 Å². The highest BCUT2D eigenvalue weighted by Crippen LogP contribution is 2.32. The molecule has 0 radical (unpaired) electrons. The van der Waals surface area contributed by atoms with Crippen LogP contribution < -0.4 is 9.47 Å². The Morgan fingerprint density at radius 2 is 1.81 bits per heavy atom. The van der Waals surface area contributed by atoms with Crippen molar-refractivity contribution in [3.05, 3.63) is 59.7 Å². The number of benzene rings is 2. The Labute approximate surface area is 155 Å². The van der Waals surface area contributed by atoms with Crippen molar-refractivity contribution in [3.63, 3.8) is 0 Å². The van der Waals surface area contributed by atoms with Gasteiger partial charge in [-0.15, -0.1) is 0 Å². The average molecular weight is 354 g/mol. The highest BCUT2D eigenvalue weighted by atomic mass is 16.5. The molecule has 1 aliphatic heterocycles. The number of hydrogen-bond acceptors (Lipinski definition) is 4. The average Bonchev–Trinajstić information content (AvgIpc) is 2.67. The lowest BCUT2D eigenvalue weighted by Gasteiger charge is -2.40. The number of carbonyl (C=O) groups is 1. The summed E-state index contributed by atoms with van der Waals surface area (Å²) in [5.74, 6) is 1.07. The molecule has 1 fully saturated rings. The molecule has 26 heavy (non-hydrogen) atoms. The number of ether oxygens (including phenoxy) is 2. The molecule has 1 aliphatic rings. The third-order valence-electron chi connectivity index (χ3n) is 4.85. The van der Waals surface area contributed by atoms with Crippen LogP contribution in [0.5, 0.6) is 11.5 Å². The summed E-state index contributed by atoms with van der Waals surface area (Å²) in [7, 11) is 3.15. The van der Waals surface area contributed by atoms with E-state index in [-0.39, 0.29) is 11.9 Å². The van der Waals surface area contributed by atoms with Gasteiger partial charge in [0.1, 0.15) is 0 Å². The quantitative estimate of drug-likeness (QED) is 0.828. The molecular weight excluding hydrogens is 328 g/mol. The summed E-state index contributed by atoms with van der Waals surface area (Å²) >= 11 is 0. The second kappa shape index (κ2) is 8.23. The summed E-state index contributed by atoms with van der Waals surface area (Å²) in [6.45, 7) is 5.43. The molecule has 1 atom stereocenters. The van der Waals surface area contributed by atoms with E-state index in [9.17, 15) is 4.79 Å². The largest absolute Gasteiger partial charge is 0.493 e. The van der Waals surface area contributed by atoms with Crippen molar-refractivity contribution in [2.75, 3.05) is 33.9 Å². The first-order valence-corrected chi connectivity index (χ1v) is 8.92. The number of carbonyl (C=O) groups excluding carboxylic acids is 1. The van der Waals surface area contributed by atoms with Gasteiger partial charge in [-0.25, -0.2) is 0 Å². The van der Waals surface area contributed by atoms with Gasteiger partial charge < -0.3 is 14.4 Å². The minimum atomic E-state index is -0.00684. The standard InChI is InChI=1S/C21H26N2O3/c1-16-14-22(15-17-8-5-4-6-9-17)12-13-23(16)21(24)18-10-7-11-19(25-2)20(18)26-3/h4-11,16H,12-15H2,1-3H3/t16-/m1/s1. The van der Waals surface area contributed by atoms with E-state index in [0.29, 0.717) is 23.6 Å². The van der Waals surface area contributed by atoms with Crippen LogP contribution in [0.2, 0.25) is 0 Å². The molecule has 138 valence electrons. The molecule has 0 saturated carbocycles. The molecule has 5 heteroatoms. The van der Waals surface area contributed by atoms with E-state index in [1.54, 1.807) is 26.4 Å². The van der Waals surface area contributed by atoms with Crippen molar-refractivity contribution in [1.29, 1.82) is 0 Å². The summed E-state index contributed by atoms with van der Waals surface area (Å²) in [5, 5.41) is 0. The molecule has 0 aromatic heterocycles. The van der Waals surface area contributed by atoms with Crippen LogP contribution in [0, 0.1) is 0 Å². The lowest BCUT2D eigenvalue weighted by Crippen LogP contribution is -2.53. The van der Waals surface area contributed by atoms with E-state index in [2.05, 4.69) is 36.1 Å². The van der Waals surface area contributed by atoms with Crippen LogP contribution in [0.25, 0.3) is 0 Å². The summed E-state index contributed by atoms with van der Waals surface area (Å²) in [5.41, 5.74) is 1.85. The Balaban J connectivity index is 1.71. The predicted octanol–water partition coefficient (Wildman–Crippen LogP) is 3.05. The number of rotatable bonds is 5. The van der Waals surface area contributed by atoms with E-state index in [4.69, 9.17) is 9.47 Å². The number of piperazine rings is 1. The van der Waals surface area contributed by atoms with Crippen molar-refractivity contribution in [2.45, 2.75) is 19.5 Å². The van der Waals surface area contributed by atoms with E-state index >= 15 is 0 Å². The van der Waals surface area contributed by atoms with Gasteiger partial charge in [-0.2, -0.15) is 0 Å². The third kappa shape index (κ3) is 3.83. The molecule has 3 rings (SSSR count). The minimum absolute atomic E-state index is 0.00684. The molecule has 0 unspecified atom stereocenters. The molecule has 0 aliphatic carbocycles. The zero-order valence-electron chi connectivity index (χ0n) is 15.6. The Morgan fingerprint density at radius 1 is 1.04 bits per heavy atom. The highest BCUT2D eigenvalue weighted by Gasteiger charge is 2.30. The van der Waals surface area contributed by atoms with Crippen molar-refractivity contribution < 1.29 is 14.3 Å². The third-order valence-corrected chi connectivity index (χ3v) is 4.85. The zero-order chi connectivity index (χ0) is 18.5. The predicted molar refractivity (Wildman–Crippen MR) is 102 cm³/mol. The summed E-state index contributed by atoms with van der Waals surface area (Å²) < 4.78 is 10.8. The molecular formula is C21H26N2O3. The van der Waals surface area contributed by atoms with Crippen LogP contribution >= 0.6 is 0 Å². The van der Waals surface area contributed by atoms with Gasteiger partial charge in [0, 0.05) is 32.2 Å². The molecule has 1 heterocycles. The fraction of sp³-hybridized carbons (Fsp3) is 0.381. The normalized spacial score (nSPS) is 17.8. The number of hydrogen-bond donors (Lipinski definition) is 0. The summed E-state index contributed by atoms with van der Waals surface area (Å²) in [4.78, 5) is 17.4. The molecule has 2 aromatic carbocycles. The van der Waals surface area contributed by atoms with Crippen molar-refractivity contribution in [3.8, 4) is 11.5 Å². The lowest BCUT2D eigenvalue weighted by molar-refractivity contribution is 0.0472. The van der Waals surface area contributed by atoms with E-state index in [1.165, 1.54) is 5.56 Å². The number of amides is 1. The van der Waals surface area contributed by atoms with Crippen molar-refractivity contribution >= 4 is 5.91 Å². The zero-order valence-corrected chi connectivity index (χ0v) is 15.6. The SMILES string of the molecule is COc1cccc(C(=O)N2CCN(Cc3ccccc3)C[C@H]2C)c1OC. The Morgan fingerprint density at radius 3 is 2.46 bits per heavy atom. The second-order valence-corrected chi connectivity index (χ2v) is 6.61. The summed E-state index contributed by atoms with van der Waals surface area (Å²) in [6, 6.07) is 16.0. The smallest absolute Gasteiger partial charge is 0.258 e. The van der Waals surface area contributed by atoms with Crippen LogP contribution in [0.4, 0.5) is 0 Å². The van der Waals surface area contributed by atoms with Gasteiger partial charge in [-0.3, -0.25) is 9.69 Å². The van der Waals surface area contributed by atoms with Gasteiger partial charge in [0.05, 0.1) is 19.8 Å². The van der Waals surface area contributed by atoms with E-state index in [0.717, 1.165) is 19.6 Å². The van der Waals surface area contributed by atoms with Crippen molar-refractivity contribution in [1.82, 2.24) is 9.80 Å². The van der Waals surface area contributed by atoms with E-state index < -0.39 is 0 Å². The van der Waals surface area contributed by atoms with Crippen LogP contribution in [-0.2, 0) is 6.54 Å². The molecule has 1 amide bonds. The van der Waals surface area contributed by atoms with Gasteiger partial charge in [-0.05, 0) is 24.6 Å². The van der Waals surface area contributed by atoms with Gasteiger partial charge in [0.25, 0.3) is 5.91 Å². The number of nitrogens with zero attached hydrogens (tertiary/aromatic N) is 2.